The summed E-state index contributed by atoms with van der Waals surface area (Å²) in [5, 5.41) is 6.93. The van der Waals surface area contributed by atoms with Crippen molar-refractivity contribution in [1.29, 1.82) is 0 Å². The first kappa shape index (κ1) is 18.6. The molecular formula is C21H24N4O2. The Morgan fingerprint density at radius 2 is 1.70 bits per heavy atom. The van der Waals surface area contributed by atoms with Crippen molar-refractivity contribution in [3.05, 3.63) is 65.0 Å². The van der Waals surface area contributed by atoms with Crippen LogP contribution >= 0.6 is 0 Å². The largest absolute Gasteiger partial charge is 0.334 e. The predicted octanol–water partition coefficient (Wildman–Crippen LogP) is 4.37. The van der Waals surface area contributed by atoms with Crippen LogP contribution < -0.4 is 5.32 Å². The number of carbonyl (C=O) groups excluding carboxylic acids is 1. The number of urea groups is 1. The number of benzene rings is 2. The molecule has 2 amide bonds. The summed E-state index contributed by atoms with van der Waals surface area (Å²) in [5.41, 5.74) is 5.09. The summed E-state index contributed by atoms with van der Waals surface area (Å²) in [7, 11) is 1.75. The summed E-state index contributed by atoms with van der Waals surface area (Å²) in [6.07, 6.45) is 0.520. The number of rotatable bonds is 5. The van der Waals surface area contributed by atoms with E-state index in [1.165, 1.54) is 5.56 Å². The smallest absolute Gasteiger partial charge is 0.321 e. The molecule has 1 aromatic heterocycles. The summed E-state index contributed by atoms with van der Waals surface area (Å²) in [6, 6.07) is 13.7. The Balaban J connectivity index is 1.56. The Kier molecular flexibility index (Phi) is 5.54. The van der Waals surface area contributed by atoms with Crippen molar-refractivity contribution in [3.63, 3.8) is 0 Å². The molecule has 0 aliphatic rings. The van der Waals surface area contributed by atoms with Gasteiger partial charge in [0, 0.05) is 31.3 Å². The standard InChI is InChI=1S/C21H24N4O2/c1-14-5-7-17(8-6-14)20-23-19(24-27-20)9-10-25(4)21(26)22-18-12-15(2)11-16(3)13-18/h5-8,11-13H,9-10H2,1-4H3,(H,22,26). The predicted molar refractivity (Wildman–Crippen MR) is 106 cm³/mol. The maximum atomic E-state index is 12.4. The third-order valence-electron chi connectivity index (χ3n) is 4.26. The van der Waals surface area contributed by atoms with Crippen LogP contribution in [0.5, 0.6) is 0 Å². The zero-order valence-corrected chi connectivity index (χ0v) is 16.1. The molecule has 0 aliphatic carbocycles. The highest BCUT2D eigenvalue weighted by Gasteiger charge is 2.13. The summed E-state index contributed by atoms with van der Waals surface area (Å²) in [5.74, 6) is 1.07. The minimum absolute atomic E-state index is 0.165. The van der Waals surface area contributed by atoms with E-state index in [9.17, 15) is 4.79 Å². The third kappa shape index (κ3) is 4.94. The fourth-order valence-corrected chi connectivity index (χ4v) is 2.80. The van der Waals surface area contributed by atoms with Gasteiger partial charge >= 0.3 is 6.03 Å². The number of anilines is 1. The fraction of sp³-hybridized carbons (Fsp3) is 0.286. The van der Waals surface area contributed by atoms with Crippen LogP contribution in [-0.2, 0) is 6.42 Å². The topological polar surface area (TPSA) is 71.3 Å². The molecule has 1 heterocycles. The van der Waals surface area contributed by atoms with Gasteiger partial charge in [0.05, 0.1) is 0 Å². The Morgan fingerprint density at radius 1 is 1.04 bits per heavy atom. The van der Waals surface area contributed by atoms with Crippen molar-refractivity contribution in [1.82, 2.24) is 15.0 Å². The van der Waals surface area contributed by atoms with E-state index in [1.807, 2.05) is 57.2 Å². The lowest BCUT2D eigenvalue weighted by Crippen LogP contribution is -2.33. The van der Waals surface area contributed by atoms with Crippen molar-refractivity contribution in [2.45, 2.75) is 27.2 Å². The molecule has 0 spiro atoms. The second kappa shape index (κ2) is 8.03. The van der Waals surface area contributed by atoms with Crippen molar-refractivity contribution in [2.75, 3.05) is 18.9 Å². The maximum Gasteiger partial charge on any atom is 0.321 e. The molecule has 0 bridgehead atoms. The summed E-state index contributed by atoms with van der Waals surface area (Å²) in [6.45, 7) is 6.54. The summed E-state index contributed by atoms with van der Waals surface area (Å²) < 4.78 is 5.33. The average Bonchev–Trinajstić information content (AvgIpc) is 3.08. The lowest BCUT2D eigenvalue weighted by molar-refractivity contribution is 0.222. The first-order chi connectivity index (χ1) is 12.9. The van der Waals surface area contributed by atoms with Gasteiger partial charge < -0.3 is 14.7 Å². The zero-order chi connectivity index (χ0) is 19.4. The van der Waals surface area contributed by atoms with Gasteiger partial charge in [0.15, 0.2) is 5.82 Å². The molecule has 0 unspecified atom stereocenters. The van der Waals surface area contributed by atoms with Crippen LogP contribution in [0.2, 0.25) is 0 Å². The second-order valence-electron chi connectivity index (χ2n) is 6.86. The molecule has 1 N–H and O–H groups in total. The van der Waals surface area contributed by atoms with Crippen LogP contribution in [0.15, 0.2) is 47.0 Å². The Labute approximate surface area is 159 Å². The maximum absolute atomic E-state index is 12.4. The SMILES string of the molecule is Cc1ccc(-c2nc(CCN(C)C(=O)Nc3cc(C)cc(C)c3)no2)cc1. The number of hydrogen-bond acceptors (Lipinski definition) is 4. The minimum atomic E-state index is -0.165. The molecule has 27 heavy (non-hydrogen) atoms. The van der Waals surface area contributed by atoms with E-state index in [2.05, 4.69) is 21.5 Å². The van der Waals surface area contributed by atoms with Crippen molar-refractivity contribution >= 4 is 11.7 Å². The number of carbonyl (C=O) groups is 1. The molecule has 3 aromatic rings. The summed E-state index contributed by atoms with van der Waals surface area (Å²) >= 11 is 0. The van der Waals surface area contributed by atoms with Gasteiger partial charge in [0.2, 0.25) is 0 Å². The normalized spacial score (nSPS) is 10.7. The highest BCUT2D eigenvalue weighted by molar-refractivity contribution is 5.89. The van der Waals surface area contributed by atoms with Crippen LogP contribution in [0.25, 0.3) is 11.5 Å². The van der Waals surface area contributed by atoms with Gasteiger partial charge in [0.1, 0.15) is 0 Å². The number of likely N-dealkylation sites (N-methyl/N-ethyl adjacent to an activating group) is 1. The fourth-order valence-electron chi connectivity index (χ4n) is 2.80. The number of nitrogens with zero attached hydrogens (tertiary/aromatic N) is 3. The first-order valence-electron chi connectivity index (χ1n) is 8.91. The minimum Gasteiger partial charge on any atom is -0.334 e. The molecule has 0 saturated heterocycles. The number of nitrogens with one attached hydrogen (secondary N) is 1. The lowest BCUT2D eigenvalue weighted by atomic mass is 10.1. The van der Waals surface area contributed by atoms with Crippen LogP contribution in [0.4, 0.5) is 10.5 Å². The highest BCUT2D eigenvalue weighted by Crippen LogP contribution is 2.18. The molecule has 0 fully saturated rings. The van der Waals surface area contributed by atoms with E-state index < -0.39 is 0 Å². The quantitative estimate of drug-likeness (QED) is 0.730. The van der Waals surface area contributed by atoms with Gasteiger partial charge in [-0.1, -0.05) is 28.9 Å². The van der Waals surface area contributed by atoms with E-state index >= 15 is 0 Å². The number of hydrogen-bond donors (Lipinski definition) is 1. The zero-order valence-electron chi connectivity index (χ0n) is 16.1. The second-order valence-corrected chi connectivity index (χ2v) is 6.86. The van der Waals surface area contributed by atoms with E-state index in [1.54, 1.807) is 11.9 Å². The molecule has 0 saturated carbocycles. The van der Waals surface area contributed by atoms with Crippen LogP contribution in [0, 0.1) is 20.8 Å². The monoisotopic (exact) mass is 364 g/mol. The lowest BCUT2D eigenvalue weighted by Gasteiger charge is -2.17. The van der Waals surface area contributed by atoms with Gasteiger partial charge in [-0.2, -0.15) is 4.98 Å². The van der Waals surface area contributed by atoms with Gasteiger partial charge in [-0.3, -0.25) is 0 Å². The third-order valence-corrected chi connectivity index (χ3v) is 4.26. The van der Waals surface area contributed by atoms with E-state index in [0.29, 0.717) is 24.7 Å². The molecule has 6 heteroatoms. The highest BCUT2D eigenvalue weighted by atomic mass is 16.5. The molecule has 0 atom stereocenters. The number of amides is 2. The molecule has 0 radical (unpaired) electrons. The number of aryl methyl sites for hydroxylation is 3. The van der Waals surface area contributed by atoms with Gasteiger partial charge in [-0.25, -0.2) is 4.79 Å². The molecule has 3 rings (SSSR count). The Morgan fingerprint density at radius 3 is 2.37 bits per heavy atom. The average molecular weight is 364 g/mol. The molecule has 140 valence electrons. The van der Waals surface area contributed by atoms with E-state index in [-0.39, 0.29) is 6.03 Å². The van der Waals surface area contributed by atoms with Gasteiger partial charge in [-0.15, -0.1) is 0 Å². The van der Waals surface area contributed by atoms with Crippen LogP contribution in [-0.4, -0.2) is 34.7 Å². The molecule has 0 aliphatic heterocycles. The van der Waals surface area contributed by atoms with Crippen LogP contribution in [0.1, 0.15) is 22.5 Å². The molecule has 6 nitrogen and oxygen atoms in total. The molecular weight excluding hydrogens is 340 g/mol. The van der Waals surface area contributed by atoms with Crippen LogP contribution in [0.3, 0.4) is 0 Å². The van der Waals surface area contributed by atoms with Gasteiger partial charge in [-0.05, 0) is 56.2 Å². The van der Waals surface area contributed by atoms with Crippen molar-refractivity contribution in [2.24, 2.45) is 0 Å². The van der Waals surface area contributed by atoms with Gasteiger partial charge in [0.25, 0.3) is 5.89 Å². The Bertz CT molecular complexity index is 911. The molecule has 2 aromatic carbocycles. The summed E-state index contributed by atoms with van der Waals surface area (Å²) in [4.78, 5) is 18.4. The van der Waals surface area contributed by atoms with E-state index in [0.717, 1.165) is 22.4 Å². The van der Waals surface area contributed by atoms with E-state index in [4.69, 9.17) is 4.52 Å². The number of aromatic nitrogens is 2. The Hall–Kier alpha value is -3.15. The van der Waals surface area contributed by atoms with Crippen molar-refractivity contribution < 1.29 is 9.32 Å². The van der Waals surface area contributed by atoms with Crippen molar-refractivity contribution in [3.8, 4) is 11.5 Å². The first-order valence-corrected chi connectivity index (χ1v) is 8.91.